The van der Waals surface area contributed by atoms with Gasteiger partial charge in [-0.25, -0.2) is 22.4 Å². The number of rotatable bonds is 4. The van der Waals surface area contributed by atoms with Crippen LogP contribution in [0.15, 0.2) is 4.90 Å². The van der Waals surface area contributed by atoms with Gasteiger partial charge < -0.3 is 5.11 Å². The molecule has 0 atom stereocenters. The van der Waals surface area contributed by atoms with Crippen molar-refractivity contribution in [2.75, 3.05) is 11.6 Å². The van der Waals surface area contributed by atoms with Crippen molar-refractivity contribution in [2.45, 2.75) is 4.90 Å². The number of hydrogen-bond donors (Lipinski definition) is 1. The van der Waals surface area contributed by atoms with Crippen molar-refractivity contribution in [3.63, 3.8) is 0 Å². The summed E-state index contributed by atoms with van der Waals surface area (Å²) in [4.78, 5) is 9.52. The van der Waals surface area contributed by atoms with Crippen LogP contribution in [0, 0.1) is 23.3 Å². The van der Waals surface area contributed by atoms with Crippen LogP contribution in [0.1, 0.15) is 10.4 Å². The van der Waals surface area contributed by atoms with Crippen LogP contribution in [0.2, 0.25) is 0 Å². The van der Waals surface area contributed by atoms with Crippen LogP contribution in [0.3, 0.4) is 0 Å². The van der Waals surface area contributed by atoms with Crippen molar-refractivity contribution in [1.82, 2.24) is 0 Å². The van der Waals surface area contributed by atoms with Crippen molar-refractivity contribution in [3.05, 3.63) is 28.8 Å². The molecule has 2 nitrogen and oxygen atoms in total. The highest BCUT2D eigenvalue weighted by Gasteiger charge is 2.29. The van der Waals surface area contributed by atoms with Gasteiger partial charge in [0.2, 0.25) is 0 Å². The van der Waals surface area contributed by atoms with Crippen molar-refractivity contribution in [3.8, 4) is 0 Å². The summed E-state index contributed by atoms with van der Waals surface area (Å²) in [6, 6.07) is 0. The third-order valence-electron chi connectivity index (χ3n) is 1.76. The fraction of sp³-hybridized carbons (Fsp3) is 0.222. The zero-order valence-electron chi connectivity index (χ0n) is 8.07. The molecule has 1 aromatic carbocycles. The molecule has 0 radical (unpaired) electrons. The second-order valence-corrected chi connectivity index (χ2v) is 4.29. The molecule has 0 unspecified atom stereocenters. The topological polar surface area (TPSA) is 37.3 Å². The van der Waals surface area contributed by atoms with Crippen molar-refractivity contribution in [1.29, 1.82) is 0 Å². The molecule has 0 saturated heterocycles. The van der Waals surface area contributed by atoms with Crippen LogP contribution < -0.4 is 0 Å². The Balaban J connectivity index is 3.41. The van der Waals surface area contributed by atoms with E-state index in [4.69, 9.17) is 16.7 Å². The number of alkyl halides is 1. The number of hydrogen-bond acceptors (Lipinski definition) is 2. The number of thioether (sulfide) groups is 1. The summed E-state index contributed by atoms with van der Waals surface area (Å²) in [5, 5.41) is 8.42. The van der Waals surface area contributed by atoms with Gasteiger partial charge in [-0.2, -0.15) is 0 Å². The van der Waals surface area contributed by atoms with Gasteiger partial charge in [0, 0.05) is 11.6 Å². The summed E-state index contributed by atoms with van der Waals surface area (Å²) in [5.74, 6) is -9.32. The predicted molar refractivity (Wildman–Crippen MR) is 54.7 cm³/mol. The number of halogens is 5. The fourth-order valence-electron chi connectivity index (χ4n) is 1.07. The lowest BCUT2D eigenvalue weighted by Gasteiger charge is -2.08. The standard InChI is InChI=1S/C9H5ClF4O2S/c10-1-2-17-8-6(13)4(11)3(9(15)16)5(12)7(8)14/h1-2H2,(H,15,16). The van der Waals surface area contributed by atoms with E-state index in [0.717, 1.165) is 0 Å². The Labute approximate surface area is 103 Å². The SMILES string of the molecule is O=C(O)c1c(F)c(F)c(SCCCl)c(F)c1F. The molecule has 17 heavy (non-hydrogen) atoms. The number of carboxylic acid groups (broad SMARTS) is 1. The zero-order valence-corrected chi connectivity index (χ0v) is 9.64. The summed E-state index contributed by atoms with van der Waals surface area (Å²) >= 11 is 5.74. The van der Waals surface area contributed by atoms with E-state index in [2.05, 4.69) is 0 Å². The Morgan fingerprint density at radius 2 is 1.59 bits per heavy atom. The summed E-state index contributed by atoms with van der Waals surface area (Å²) in [7, 11) is 0. The van der Waals surface area contributed by atoms with Crippen LogP contribution in [-0.4, -0.2) is 22.7 Å². The molecule has 0 amide bonds. The van der Waals surface area contributed by atoms with Crippen LogP contribution in [-0.2, 0) is 0 Å². The lowest BCUT2D eigenvalue weighted by molar-refractivity contribution is 0.0683. The van der Waals surface area contributed by atoms with E-state index in [1.807, 2.05) is 0 Å². The molecule has 0 spiro atoms. The predicted octanol–water partition coefficient (Wildman–Crippen LogP) is 3.27. The maximum atomic E-state index is 13.3. The number of carboxylic acids is 1. The highest BCUT2D eigenvalue weighted by Crippen LogP contribution is 2.31. The molecular formula is C9H5ClF4O2S. The highest BCUT2D eigenvalue weighted by atomic mass is 35.5. The average molecular weight is 289 g/mol. The van der Waals surface area contributed by atoms with Gasteiger partial charge in [0.05, 0.1) is 4.90 Å². The molecule has 1 aromatic rings. The third-order valence-corrected chi connectivity index (χ3v) is 3.23. The zero-order chi connectivity index (χ0) is 13.2. The maximum absolute atomic E-state index is 13.3. The molecule has 94 valence electrons. The normalized spacial score (nSPS) is 10.6. The molecule has 0 aliphatic carbocycles. The molecular weight excluding hydrogens is 284 g/mol. The number of benzene rings is 1. The van der Waals surface area contributed by atoms with Gasteiger partial charge in [-0.15, -0.1) is 23.4 Å². The Hall–Kier alpha value is -0.950. The molecule has 0 aromatic heterocycles. The fourth-order valence-corrected chi connectivity index (χ4v) is 2.01. The lowest BCUT2D eigenvalue weighted by Crippen LogP contribution is -2.11. The molecule has 0 saturated carbocycles. The summed E-state index contributed by atoms with van der Waals surface area (Å²) in [6.07, 6.45) is 0. The summed E-state index contributed by atoms with van der Waals surface area (Å²) < 4.78 is 52.9. The van der Waals surface area contributed by atoms with Gasteiger partial charge >= 0.3 is 5.97 Å². The first-order valence-electron chi connectivity index (χ1n) is 4.19. The molecule has 1 N–H and O–H groups in total. The first kappa shape index (κ1) is 14.1. The second-order valence-electron chi connectivity index (χ2n) is 2.80. The lowest BCUT2D eigenvalue weighted by atomic mass is 10.2. The van der Waals surface area contributed by atoms with Gasteiger partial charge in [0.25, 0.3) is 0 Å². The minimum absolute atomic E-state index is 0.0213. The molecule has 0 bridgehead atoms. The first-order valence-corrected chi connectivity index (χ1v) is 5.71. The maximum Gasteiger partial charge on any atom is 0.341 e. The number of aromatic carboxylic acids is 1. The molecule has 0 aliphatic rings. The quantitative estimate of drug-likeness (QED) is 0.400. The van der Waals surface area contributed by atoms with Crippen LogP contribution in [0.25, 0.3) is 0 Å². The molecule has 1 rings (SSSR count). The van der Waals surface area contributed by atoms with E-state index < -0.39 is 39.7 Å². The molecule has 0 heterocycles. The molecule has 8 heteroatoms. The van der Waals surface area contributed by atoms with Gasteiger partial charge in [-0.05, 0) is 0 Å². The van der Waals surface area contributed by atoms with Gasteiger partial charge in [-0.3, -0.25) is 0 Å². The minimum Gasteiger partial charge on any atom is -0.477 e. The number of carbonyl (C=O) groups is 1. The Morgan fingerprint density at radius 1 is 1.12 bits per heavy atom. The van der Waals surface area contributed by atoms with E-state index in [1.54, 1.807) is 0 Å². The van der Waals surface area contributed by atoms with E-state index in [9.17, 15) is 22.4 Å². The largest absolute Gasteiger partial charge is 0.477 e. The van der Waals surface area contributed by atoms with Crippen LogP contribution in [0.5, 0.6) is 0 Å². The van der Waals surface area contributed by atoms with E-state index in [1.165, 1.54) is 0 Å². The molecule has 0 fully saturated rings. The van der Waals surface area contributed by atoms with Crippen molar-refractivity contribution in [2.24, 2.45) is 0 Å². The second kappa shape index (κ2) is 5.59. The smallest absolute Gasteiger partial charge is 0.341 e. The Morgan fingerprint density at radius 3 is 1.94 bits per heavy atom. The third kappa shape index (κ3) is 2.66. The van der Waals surface area contributed by atoms with Gasteiger partial charge in [-0.1, -0.05) is 0 Å². The Bertz CT molecular complexity index is 438. The average Bonchev–Trinajstić information content (AvgIpc) is 2.26. The first-order chi connectivity index (χ1) is 7.91. The van der Waals surface area contributed by atoms with Crippen LogP contribution in [0.4, 0.5) is 17.6 Å². The summed E-state index contributed by atoms with van der Waals surface area (Å²) in [5.41, 5.74) is -1.64. The van der Waals surface area contributed by atoms with Gasteiger partial charge in [0.1, 0.15) is 5.56 Å². The minimum atomic E-state index is -2.08. The summed E-state index contributed by atoms with van der Waals surface area (Å²) in [6.45, 7) is 0. The van der Waals surface area contributed by atoms with Gasteiger partial charge in [0.15, 0.2) is 23.3 Å². The highest BCUT2D eigenvalue weighted by molar-refractivity contribution is 7.99. The monoisotopic (exact) mass is 288 g/mol. The Kier molecular flexibility index (Phi) is 4.64. The van der Waals surface area contributed by atoms with E-state index in [0.29, 0.717) is 11.8 Å². The van der Waals surface area contributed by atoms with Crippen molar-refractivity contribution < 1.29 is 27.5 Å². The van der Waals surface area contributed by atoms with Crippen LogP contribution >= 0.6 is 23.4 Å². The van der Waals surface area contributed by atoms with E-state index >= 15 is 0 Å². The molecule has 0 aliphatic heterocycles. The van der Waals surface area contributed by atoms with Crippen molar-refractivity contribution >= 4 is 29.3 Å². The van der Waals surface area contributed by atoms with E-state index in [-0.39, 0.29) is 11.6 Å².